The van der Waals surface area contributed by atoms with Crippen molar-refractivity contribution < 1.29 is 9.15 Å². The van der Waals surface area contributed by atoms with Crippen molar-refractivity contribution in [3.8, 4) is 16.9 Å². The summed E-state index contributed by atoms with van der Waals surface area (Å²) in [6.45, 7) is 0. The molecular weight excluding hydrogens is 344 g/mol. The Morgan fingerprint density at radius 1 is 0.808 bits per heavy atom. The molecule has 5 aromatic rings. The van der Waals surface area contributed by atoms with E-state index in [0.29, 0.717) is 5.02 Å². The Labute approximate surface area is 155 Å². The van der Waals surface area contributed by atoms with Crippen molar-refractivity contribution in [1.29, 1.82) is 0 Å². The quantitative estimate of drug-likeness (QED) is 0.336. The van der Waals surface area contributed by atoms with E-state index in [-0.39, 0.29) is 0 Å². The molecular formula is C23H15ClO2. The van der Waals surface area contributed by atoms with Gasteiger partial charge < -0.3 is 9.15 Å². The molecule has 0 N–H and O–H groups in total. The average molecular weight is 359 g/mol. The lowest BCUT2D eigenvalue weighted by atomic mass is 9.93. The lowest BCUT2D eigenvalue weighted by Gasteiger charge is -2.11. The second-order valence-corrected chi connectivity index (χ2v) is 6.70. The van der Waals surface area contributed by atoms with Gasteiger partial charge in [-0.2, -0.15) is 0 Å². The summed E-state index contributed by atoms with van der Waals surface area (Å²) in [5.41, 5.74) is 3.87. The first-order chi connectivity index (χ1) is 12.8. The number of benzene rings is 4. The van der Waals surface area contributed by atoms with E-state index in [1.165, 1.54) is 0 Å². The highest BCUT2D eigenvalue weighted by atomic mass is 35.5. The molecule has 0 fully saturated rings. The van der Waals surface area contributed by atoms with Gasteiger partial charge >= 0.3 is 0 Å². The maximum Gasteiger partial charge on any atom is 0.136 e. The van der Waals surface area contributed by atoms with Crippen molar-refractivity contribution in [3.63, 3.8) is 0 Å². The average Bonchev–Trinajstić information content (AvgIpc) is 3.05. The molecule has 26 heavy (non-hydrogen) atoms. The fourth-order valence-electron chi connectivity index (χ4n) is 3.66. The minimum atomic E-state index is 0.695. The zero-order chi connectivity index (χ0) is 17.7. The zero-order valence-electron chi connectivity index (χ0n) is 14.1. The summed E-state index contributed by atoms with van der Waals surface area (Å²) < 4.78 is 11.6. The first-order valence-electron chi connectivity index (χ1n) is 8.43. The van der Waals surface area contributed by atoms with Gasteiger partial charge in [-0.05, 0) is 46.7 Å². The largest absolute Gasteiger partial charge is 0.497 e. The van der Waals surface area contributed by atoms with Crippen molar-refractivity contribution >= 4 is 44.3 Å². The van der Waals surface area contributed by atoms with E-state index in [9.17, 15) is 0 Å². The van der Waals surface area contributed by atoms with Gasteiger partial charge in [0.1, 0.15) is 16.9 Å². The number of halogens is 1. The number of rotatable bonds is 2. The minimum absolute atomic E-state index is 0.695. The Kier molecular flexibility index (Phi) is 3.41. The van der Waals surface area contributed by atoms with Gasteiger partial charge in [0.15, 0.2) is 0 Å². The van der Waals surface area contributed by atoms with Crippen molar-refractivity contribution in [3.05, 3.63) is 77.8 Å². The predicted molar refractivity (Wildman–Crippen MR) is 108 cm³/mol. The van der Waals surface area contributed by atoms with E-state index < -0.39 is 0 Å². The standard InChI is InChI=1S/C23H15ClO2/c1-25-16-11-10-15-12-20-23(22-18(24)8-5-9-19(22)26-20)21(17(15)13-16)14-6-3-2-4-7-14/h2-13H,1H3. The van der Waals surface area contributed by atoms with Gasteiger partial charge in [-0.3, -0.25) is 0 Å². The van der Waals surface area contributed by atoms with Crippen molar-refractivity contribution in [2.45, 2.75) is 0 Å². The Bertz CT molecular complexity index is 1270. The number of hydrogen-bond acceptors (Lipinski definition) is 2. The molecule has 0 unspecified atom stereocenters. The van der Waals surface area contributed by atoms with Crippen LogP contribution in [0.4, 0.5) is 0 Å². The summed E-state index contributed by atoms with van der Waals surface area (Å²) in [4.78, 5) is 0. The highest BCUT2D eigenvalue weighted by Gasteiger charge is 2.18. The van der Waals surface area contributed by atoms with Crippen LogP contribution in [-0.2, 0) is 0 Å². The van der Waals surface area contributed by atoms with Gasteiger partial charge in [-0.1, -0.05) is 54.1 Å². The monoisotopic (exact) mass is 358 g/mol. The van der Waals surface area contributed by atoms with Gasteiger partial charge in [-0.25, -0.2) is 0 Å². The Balaban J connectivity index is 2.07. The topological polar surface area (TPSA) is 22.4 Å². The Morgan fingerprint density at radius 3 is 2.46 bits per heavy atom. The molecule has 126 valence electrons. The molecule has 0 radical (unpaired) electrons. The fourth-order valence-corrected chi connectivity index (χ4v) is 3.92. The van der Waals surface area contributed by atoms with Crippen LogP contribution in [0, 0.1) is 0 Å². The van der Waals surface area contributed by atoms with Gasteiger partial charge in [0, 0.05) is 16.3 Å². The van der Waals surface area contributed by atoms with Gasteiger partial charge in [-0.15, -0.1) is 0 Å². The van der Waals surface area contributed by atoms with Crippen molar-refractivity contribution in [1.82, 2.24) is 0 Å². The molecule has 2 nitrogen and oxygen atoms in total. The smallest absolute Gasteiger partial charge is 0.136 e. The van der Waals surface area contributed by atoms with E-state index in [0.717, 1.165) is 49.6 Å². The molecule has 1 heterocycles. The van der Waals surface area contributed by atoms with Crippen molar-refractivity contribution in [2.75, 3.05) is 7.11 Å². The van der Waals surface area contributed by atoms with Gasteiger partial charge in [0.2, 0.25) is 0 Å². The molecule has 0 amide bonds. The van der Waals surface area contributed by atoms with Crippen LogP contribution in [0.25, 0.3) is 43.8 Å². The molecule has 0 bridgehead atoms. The summed E-state index contributed by atoms with van der Waals surface area (Å²) >= 11 is 6.56. The van der Waals surface area contributed by atoms with Gasteiger partial charge in [0.25, 0.3) is 0 Å². The second kappa shape index (κ2) is 5.79. The van der Waals surface area contributed by atoms with E-state index >= 15 is 0 Å². The molecule has 0 spiro atoms. The molecule has 1 aromatic heterocycles. The predicted octanol–water partition coefficient (Wildman–Crippen LogP) is 7.07. The van der Waals surface area contributed by atoms with E-state index in [2.05, 4.69) is 30.3 Å². The zero-order valence-corrected chi connectivity index (χ0v) is 14.9. The molecule has 0 saturated heterocycles. The summed E-state index contributed by atoms with van der Waals surface area (Å²) in [5.74, 6) is 0.827. The van der Waals surface area contributed by atoms with Crippen LogP contribution in [0.5, 0.6) is 5.75 Å². The summed E-state index contributed by atoms with van der Waals surface area (Å²) in [7, 11) is 1.69. The van der Waals surface area contributed by atoms with Crippen molar-refractivity contribution in [2.24, 2.45) is 0 Å². The Morgan fingerprint density at radius 2 is 1.65 bits per heavy atom. The highest BCUT2D eigenvalue weighted by molar-refractivity contribution is 6.39. The van der Waals surface area contributed by atoms with Crippen LogP contribution in [0.3, 0.4) is 0 Å². The first kappa shape index (κ1) is 15.3. The number of methoxy groups -OCH3 is 1. The lowest BCUT2D eigenvalue weighted by Crippen LogP contribution is -1.87. The number of furan rings is 1. The van der Waals surface area contributed by atoms with Gasteiger partial charge in [0.05, 0.1) is 12.1 Å². The minimum Gasteiger partial charge on any atom is -0.497 e. The molecule has 4 aromatic carbocycles. The maximum atomic E-state index is 6.56. The maximum absolute atomic E-state index is 6.56. The molecule has 0 aliphatic carbocycles. The van der Waals surface area contributed by atoms with E-state index in [1.54, 1.807) is 7.11 Å². The number of hydrogen-bond donors (Lipinski definition) is 0. The molecule has 0 atom stereocenters. The number of fused-ring (bicyclic) bond motifs is 4. The summed E-state index contributed by atoms with van der Waals surface area (Å²) in [6, 6.07) is 24.3. The third-order valence-corrected chi connectivity index (χ3v) is 5.14. The van der Waals surface area contributed by atoms with Crippen LogP contribution >= 0.6 is 11.6 Å². The fraction of sp³-hybridized carbons (Fsp3) is 0.0435. The number of ether oxygens (including phenoxy) is 1. The molecule has 0 saturated carbocycles. The molecule has 5 rings (SSSR count). The van der Waals surface area contributed by atoms with Crippen LogP contribution in [-0.4, -0.2) is 7.11 Å². The third-order valence-electron chi connectivity index (χ3n) is 4.82. The second-order valence-electron chi connectivity index (χ2n) is 6.29. The normalized spacial score (nSPS) is 11.5. The van der Waals surface area contributed by atoms with Crippen LogP contribution < -0.4 is 4.74 Å². The first-order valence-corrected chi connectivity index (χ1v) is 8.81. The highest BCUT2D eigenvalue weighted by Crippen LogP contribution is 2.44. The summed E-state index contributed by atoms with van der Waals surface area (Å²) in [6.07, 6.45) is 0. The Hall–Kier alpha value is -2.97. The van der Waals surface area contributed by atoms with Crippen LogP contribution in [0.1, 0.15) is 0 Å². The molecule has 3 heteroatoms. The molecule has 0 aliphatic heterocycles. The summed E-state index contributed by atoms with van der Waals surface area (Å²) in [5, 5.41) is 4.91. The third kappa shape index (κ3) is 2.19. The van der Waals surface area contributed by atoms with E-state index in [4.69, 9.17) is 20.8 Å². The lowest BCUT2D eigenvalue weighted by molar-refractivity contribution is 0.415. The SMILES string of the molecule is COc1ccc2cc3oc4cccc(Cl)c4c3c(-c3ccccc3)c2c1. The molecule has 0 aliphatic rings. The van der Waals surface area contributed by atoms with E-state index in [1.807, 2.05) is 42.5 Å². The van der Waals surface area contributed by atoms with Crippen LogP contribution in [0.15, 0.2) is 77.2 Å². The van der Waals surface area contributed by atoms with Crippen LogP contribution in [0.2, 0.25) is 5.02 Å².